The standard InChI is InChI=1S/C8H13N3S/c1-3-11(4-2)8(12)7-5-9-6-10-7/h5-6H,3-4H2,1-2H3,(H,9,10). The maximum absolute atomic E-state index is 5.25. The highest BCUT2D eigenvalue weighted by atomic mass is 32.1. The van der Waals surface area contributed by atoms with E-state index < -0.39 is 0 Å². The fraction of sp³-hybridized carbons (Fsp3) is 0.500. The van der Waals surface area contributed by atoms with Gasteiger partial charge in [-0.05, 0) is 13.8 Å². The van der Waals surface area contributed by atoms with Crippen LogP contribution in [0.4, 0.5) is 0 Å². The molecule has 1 aromatic rings. The lowest BCUT2D eigenvalue weighted by atomic mass is 10.4. The molecule has 0 aliphatic heterocycles. The first-order valence-corrected chi connectivity index (χ1v) is 4.48. The highest BCUT2D eigenvalue weighted by molar-refractivity contribution is 7.80. The van der Waals surface area contributed by atoms with E-state index in [-0.39, 0.29) is 0 Å². The fourth-order valence-corrected chi connectivity index (χ4v) is 1.42. The Morgan fingerprint density at radius 1 is 1.58 bits per heavy atom. The molecule has 3 nitrogen and oxygen atoms in total. The van der Waals surface area contributed by atoms with Crippen LogP contribution in [0.5, 0.6) is 0 Å². The van der Waals surface area contributed by atoms with Gasteiger partial charge in [0.05, 0.1) is 18.2 Å². The molecular formula is C8H13N3S. The number of imidazole rings is 1. The van der Waals surface area contributed by atoms with E-state index in [2.05, 4.69) is 28.7 Å². The van der Waals surface area contributed by atoms with E-state index in [0.717, 1.165) is 23.8 Å². The molecule has 0 amide bonds. The molecule has 1 rings (SSSR count). The van der Waals surface area contributed by atoms with Gasteiger partial charge in [-0.15, -0.1) is 0 Å². The first kappa shape index (κ1) is 9.19. The Kier molecular flexibility index (Phi) is 3.22. The van der Waals surface area contributed by atoms with Gasteiger partial charge in [0.1, 0.15) is 4.99 Å². The van der Waals surface area contributed by atoms with Crippen LogP contribution in [0.3, 0.4) is 0 Å². The normalized spacial score (nSPS) is 9.83. The van der Waals surface area contributed by atoms with Crippen molar-refractivity contribution in [3.05, 3.63) is 18.2 Å². The smallest absolute Gasteiger partial charge is 0.127 e. The minimum Gasteiger partial charge on any atom is -0.362 e. The number of nitrogens with zero attached hydrogens (tertiary/aromatic N) is 2. The average molecular weight is 183 g/mol. The Morgan fingerprint density at radius 3 is 2.67 bits per heavy atom. The summed E-state index contributed by atoms with van der Waals surface area (Å²) in [4.78, 5) is 9.88. The van der Waals surface area contributed by atoms with Crippen LogP contribution < -0.4 is 0 Å². The van der Waals surface area contributed by atoms with Crippen molar-refractivity contribution in [3.63, 3.8) is 0 Å². The maximum Gasteiger partial charge on any atom is 0.127 e. The van der Waals surface area contributed by atoms with Gasteiger partial charge >= 0.3 is 0 Å². The zero-order chi connectivity index (χ0) is 8.97. The van der Waals surface area contributed by atoms with Crippen LogP contribution in [0, 0.1) is 0 Å². The summed E-state index contributed by atoms with van der Waals surface area (Å²) in [6, 6.07) is 0. The first-order chi connectivity index (χ1) is 5.79. The Bertz CT molecular complexity index is 239. The second-order valence-electron chi connectivity index (χ2n) is 2.44. The highest BCUT2D eigenvalue weighted by Crippen LogP contribution is 2.01. The molecule has 0 unspecified atom stereocenters. The third-order valence-corrected chi connectivity index (χ3v) is 2.26. The monoisotopic (exact) mass is 183 g/mol. The van der Waals surface area contributed by atoms with Crippen molar-refractivity contribution >= 4 is 17.2 Å². The van der Waals surface area contributed by atoms with Crippen LogP contribution in [-0.2, 0) is 0 Å². The third kappa shape index (κ3) is 1.82. The SMILES string of the molecule is CCN(CC)C(=S)c1cnc[nH]1. The second kappa shape index (κ2) is 4.21. The van der Waals surface area contributed by atoms with Crippen LogP contribution in [-0.4, -0.2) is 32.9 Å². The average Bonchev–Trinajstić information content (AvgIpc) is 2.58. The predicted molar refractivity (Wildman–Crippen MR) is 53.2 cm³/mol. The summed E-state index contributed by atoms with van der Waals surface area (Å²) in [5, 5.41) is 0. The summed E-state index contributed by atoms with van der Waals surface area (Å²) < 4.78 is 0. The third-order valence-electron chi connectivity index (χ3n) is 1.78. The zero-order valence-electron chi connectivity index (χ0n) is 7.37. The van der Waals surface area contributed by atoms with Gasteiger partial charge < -0.3 is 9.88 Å². The number of thiocarbonyl (C=S) groups is 1. The van der Waals surface area contributed by atoms with Gasteiger partial charge in [-0.3, -0.25) is 0 Å². The summed E-state index contributed by atoms with van der Waals surface area (Å²) >= 11 is 5.25. The Labute approximate surface area is 77.8 Å². The number of hydrogen-bond acceptors (Lipinski definition) is 2. The van der Waals surface area contributed by atoms with E-state index in [1.54, 1.807) is 12.5 Å². The van der Waals surface area contributed by atoms with Crippen LogP contribution in [0.15, 0.2) is 12.5 Å². The summed E-state index contributed by atoms with van der Waals surface area (Å²) in [5.74, 6) is 0. The molecule has 0 aliphatic carbocycles. The summed E-state index contributed by atoms with van der Waals surface area (Å²) in [7, 11) is 0. The second-order valence-corrected chi connectivity index (χ2v) is 2.83. The molecular weight excluding hydrogens is 170 g/mol. The van der Waals surface area contributed by atoms with Gasteiger partial charge in [0.2, 0.25) is 0 Å². The molecule has 0 bridgehead atoms. The molecule has 0 saturated heterocycles. The minimum absolute atomic E-state index is 0.845. The number of hydrogen-bond donors (Lipinski definition) is 1. The van der Waals surface area contributed by atoms with Crippen LogP contribution in [0.2, 0.25) is 0 Å². The van der Waals surface area contributed by atoms with Gasteiger partial charge in [0, 0.05) is 13.1 Å². The minimum atomic E-state index is 0.845. The van der Waals surface area contributed by atoms with Gasteiger partial charge in [0.15, 0.2) is 0 Å². The van der Waals surface area contributed by atoms with Crippen LogP contribution >= 0.6 is 12.2 Å². The van der Waals surface area contributed by atoms with E-state index in [1.165, 1.54) is 0 Å². The lowest BCUT2D eigenvalue weighted by Gasteiger charge is -2.20. The number of aromatic amines is 1. The Hall–Kier alpha value is -0.900. The van der Waals surface area contributed by atoms with Gasteiger partial charge in [-0.1, -0.05) is 12.2 Å². The van der Waals surface area contributed by atoms with E-state index in [1.807, 2.05) is 0 Å². The van der Waals surface area contributed by atoms with Gasteiger partial charge in [-0.2, -0.15) is 0 Å². The molecule has 0 atom stereocenters. The molecule has 1 N–H and O–H groups in total. The number of H-pyrrole nitrogens is 1. The largest absolute Gasteiger partial charge is 0.362 e. The topological polar surface area (TPSA) is 31.9 Å². The van der Waals surface area contributed by atoms with Crippen molar-refractivity contribution in [2.24, 2.45) is 0 Å². The van der Waals surface area contributed by atoms with Crippen molar-refractivity contribution < 1.29 is 0 Å². The highest BCUT2D eigenvalue weighted by Gasteiger charge is 2.07. The van der Waals surface area contributed by atoms with E-state index in [9.17, 15) is 0 Å². The molecule has 12 heavy (non-hydrogen) atoms. The Morgan fingerprint density at radius 2 is 2.25 bits per heavy atom. The van der Waals surface area contributed by atoms with Gasteiger partial charge in [-0.25, -0.2) is 4.98 Å². The maximum atomic E-state index is 5.25. The first-order valence-electron chi connectivity index (χ1n) is 4.07. The molecule has 0 aliphatic rings. The number of rotatable bonds is 3. The molecule has 0 spiro atoms. The lowest BCUT2D eigenvalue weighted by molar-refractivity contribution is 0.474. The van der Waals surface area contributed by atoms with Crippen molar-refractivity contribution in [1.29, 1.82) is 0 Å². The quantitative estimate of drug-likeness (QED) is 0.719. The molecule has 0 fully saturated rings. The molecule has 0 saturated carbocycles. The zero-order valence-corrected chi connectivity index (χ0v) is 8.19. The lowest BCUT2D eigenvalue weighted by Crippen LogP contribution is -2.29. The summed E-state index contributed by atoms with van der Waals surface area (Å²) in [5.41, 5.74) is 0.925. The van der Waals surface area contributed by atoms with E-state index in [4.69, 9.17) is 12.2 Å². The van der Waals surface area contributed by atoms with E-state index in [0.29, 0.717) is 0 Å². The van der Waals surface area contributed by atoms with E-state index >= 15 is 0 Å². The van der Waals surface area contributed by atoms with Crippen molar-refractivity contribution in [3.8, 4) is 0 Å². The summed E-state index contributed by atoms with van der Waals surface area (Å²) in [6.07, 6.45) is 3.39. The molecule has 1 heterocycles. The fourth-order valence-electron chi connectivity index (χ4n) is 1.05. The van der Waals surface area contributed by atoms with Crippen LogP contribution in [0.25, 0.3) is 0 Å². The van der Waals surface area contributed by atoms with Crippen molar-refractivity contribution in [2.45, 2.75) is 13.8 Å². The predicted octanol–water partition coefficient (Wildman–Crippen LogP) is 1.43. The molecule has 4 heteroatoms. The number of aromatic nitrogens is 2. The summed E-state index contributed by atoms with van der Waals surface area (Å²) in [6.45, 7) is 6.06. The molecule has 0 radical (unpaired) electrons. The molecule has 0 aromatic carbocycles. The molecule has 1 aromatic heterocycles. The number of nitrogens with one attached hydrogen (secondary N) is 1. The van der Waals surface area contributed by atoms with Crippen LogP contribution in [0.1, 0.15) is 19.5 Å². The van der Waals surface area contributed by atoms with Crippen molar-refractivity contribution in [2.75, 3.05) is 13.1 Å². The van der Waals surface area contributed by atoms with Crippen molar-refractivity contribution in [1.82, 2.24) is 14.9 Å². The van der Waals surface area contributed by atoms with Gasteiger partial charge in [0.25, 0.3) is 0 Å². The Balaban J connectivity index is 2.70. The molecule has 66 valence electrons.